The van der Waals surface area contributed by atoms with Crippen molar-refractivity contribution in [3.63, 3.8) is 0 Å². The smallest absolute Gasteiger partial charge is 0.270 e. The van der Waals surface area contributed by atoms with Gasteiger partial charge in [0.25, 0.3) is 5.91 Å². The van der Waals surface area contributed by atoms with Crippen molar-refractivity contribution in [2.75, 3.05) is 19.5 Å². The second-order valence-corrected chi connectivity index (χ2v) is 3.89. The Morgan fingerprint density at radius 3 is 3.00 bits per heavy atom. The van der Waals surface area contributed by atoms with Crippen molar-refractivity contribution >= 4 is 11.6 Å². The van der Waals surface area contributed by atoms with Crippen LogP contribution in [0.25, 0.3) is 0 Å². The van der Waals surface area contributed by atoms with Gasteiger partial charge < -0.3 is 15.8 Å². The number of rotatable bonds is 6. The fourth-order valence-electron chi connectivity index (χ4n) is 1.58. The van der Waals surface area contributed by atoms with Gasteiger partial charge in [0.15, 0.2) is 0 Å². The second kappa shape index (κ2) is 6.85. The van der Waals surface area contributed by atoms with Crippen LogP contribution in [-0.4, -0.2) is 30.6 Å². The number of nitrogens with zero attached hydrogens (tertiary/aromatic N) is 1. The second-order valence-electron chi connectivity index (χ2n) is 3.89. The molecule has 1 unspecified atom stereocenters. The number of hydrogen-bond acceptors (Lipinski definition) is 4. The molecular formula is C12H19N3O2. The molecule has 1 heterocycles. The summed E-state index contributed by atoms with van der Waals surface area (Å²) >= 11 is 0. The molecule has 3 N–H and O–H groups in total. The summed E-state index contributed by atoms with van der Waals surface area (Å²) in [6.45, 7) is 2.56. The number of nitrogens with two attached hydrogens (primary N) is 1. The van der Waals surface area contributed by atoms with Crippen LogP contribution in [0.3, 0.4) is 0 Å². The van der Waals surface area contributed by atoms with Crippen LogP contribution in [0.15, 0.2) is 18.3 Å². The average molecular weight is 237 g/mol. The number of hydrogen-bond donors (Lipinski definition) is 2. The van der Waals surface area contributed by atoms with Crippen LogP contribution in [0.2, 0.25) is 0 Å². The third kappa shape index (κ3) is 4.40. The number of amides is 1. The lowest BCUT2D eigenvalue weighted by Gasteiger charge is -2.16. The largest absolute Gasteiger partial charge is 0.399 e. The fourth-order valence-corrected chi connectivity index (χ4v) is 1.58. The molecule has 0 aliphatic heterocycles. The van der Waals surface area contributed by atoms with Crippen LogP contribution in [0, 0.1) is 0 Å². The Bertz CT molecular complexity index is 363. The van der Waals surface area contributed by atoms with E-state index < -0.39 is 0 Å². The van der Waals surface area contributed by atoms with Crippen molar-refractivity contribution in [2.24, 2.45) is 0 Å². The van der Waals surface area contributed by atoms with Crippen LogP contribution < -0.4 is 11.1 Å². The Kier molecular flexibility index (Phi) is 5.42. The Morgan fingerprint density at radius 2 is 2.41 bits per heavy atom. The molecule has 5 nitrogen and oxygen atoms in total. The summed E-state index contributed by atoms with van der Waals surface area (Å²) in [6.07, 6.45) is 3.38. The molecule has 94 valence electrons. The molecule has 1 aromatic rings. The predicted octanol–water partition coefficient (Wildman–Crippen LogP) is 1.21. The first-order valence-corrected chi connectivity index (χ1v) is 5.68. The molecule has 0 bridgehead atoms. The summed E-state index contributed by atoms with van der Waals surface area (Å²) in [5.74, 6) is -0.215. The predicted molar refractivity (Wildman–Crippen MR) is 66.7 cm³/mol. The van der Waals surface area contributed by atoms with Crippen molar-refractivity contribution in [1.82, 2.24) is 10.3 Å². The van der Waals surface area contributed by atoms with Crippen molar-refractivity contribution in [3.05, 3.63) is 24.0 Å². The molecule has 0 saturated carbocycles. The van der Waals surface area contributed by atoms with E-state index in [0.717, 1.165) is 12.8 Å². The minimum atomic E-state index is -0.215. The number of carbonyl (C=O) groups is 1. The Morgan fingerprint density at radius 1 is 1.65 bits per heavy atom. The molecule has 0 aromatic carbocycles. The van der Waals surface area contributed by atoms with Gasteiger partial charge in [0.2, 0.25) is 0 Å². The van der Waals surface area contributed by atoms with E-state index in [0.29, 0.717) is 18.0 Å². The first kappa shape index (κ1) is 13.4. The molecule has 0 aliphatic carbocycles. The molecule has 0 saturated heterocycles. The van der Waals surface area contributed by atoms with Crippen molar-refractivity contribution in [1.29, 1.82) is 0 Å². The minimum Gasteiger partial charge on any atom is -0.399 e. The molecule has 0 aliphatic rings. The first-order valence-electron chi connectivity index (χ1n) is 5.68. The standard InChI is InChI=1S/C12H19N3O2/c1-3-4-10(8-17-2)15-12(16)11-7-9(13)5-6-14-11/h5-7,10H,3-4,8H2,1-2H3,(H2,13,14)(H,15,16). The summed E-state index contributed by atoms with van der Waals surface area (Å²) in [4.78, 5) is 15.9. The highest BCUT2D eigenvalue weighted by atomic mass is 16.5. The molecule has 0 radical (unpaired) electrons. The third-order valence-electron chi connectivity index (χ3n) is 2.36. The monoisotopic (exact) mass is 237 g/mol. The maximum Gasteiger partial charge on any atom is 0.270 e. The van der Waals surface area contributed by atoms with Crippen LogP contribution in [0.5, 0.6) is 0 Å². The molecular weight excluding hydrogens is 218 g/mol. The van der Waals surface area contributed by atoms with Gasteiger partial charge in [-0.05, 0) is 18.6 Å². The lowest BCUT2D eigenvalue weighted by atomic mass is 10.1. The van der Waals surface area contributed by atoms with Crippen LogP contribution in [0.4, 0.5) is 5.69 Å². The van der Waals surface area contributed by atoms with Gasteiger partial charge in [-0.3, -0.25) is 9.78 Å². The van der Waals surface area contributed by atoms with Gasteiger partial charge in [-0.2, -0.15) is 0 Å². The number of aromatic nitrogens is 1. The lowest BCUT2D eigenvalue weighted by Crippen LogP contribution is -2.38. The number of pyridine rings is 1. The van der Waals surface area contributed by atoms with Gasteiger partial charge >= 0.3 is 0 Å². The summed E-state index contributed by atoms with van der Waals surface area (Å²) in [6, 6.07) is 3.22. The number of ether oxygens (including phenoxy) is 1. The molecule has 0 spiro atoms. The van der Waals surface area contributed by atoms with Crippen molar-refractivity contribution in [3.8, 4) is 0 Å². The molecule has 1 atom stereocenters. The van der Waals surface area contributed by atoms with Gasteiger partial charge in [-0.15, -0.1) is 0 Å². The van der Waals surface area contributed by atoms with E-state index in [4.69, 9.17) is 10.5 Å². The number of carbonyl (C=O) groups excluding carboxylic acids is 1. The maximum atomic E-state index is 11.9. The zero-order chi connectivity index (χ0) is 12.7. The maximum absolute atomic E-state index is 11.9. The van der Waals surface area contributed by atoms with E-state index in [1.54, 1.807) is 19.2 Å². The Labute approximate surface area is 101 Å². The first-order chi connectivity index (χ1) is 8.17. The molecule has 1 rings (SSSR count). The van der Waals surface area contributed by atoms with E-state index in [9.17, 15) is 4.79 Å². The summed E-state index contributed by atoms with van der Waals surface area (Å²) in [7, 11) is 1.62. The van der Waals surface area contributed by atoms with Gasteiger partial charge in [0.1, 0.15) is 5.69 Å². The summed E-state index contributed by atoms with van der Waals surface area (Å²) in [5.41, 5.74) is 6.47. The molecule has 5 heteroatoms. The number of nitrogens with one attached hydrogen (secondary N) is 1. The van der Waals surface area contributed by atoms with E-state index in [1.165, 1.54) is 6.20 Å². The van der Waals surface area contributed by atoms with Gasteiger partial charge in [-0.25, -0.2) is 0 Å². The molecule has 1 amide bonds. The lowest BCUT2D eigenvalue weighted by molar-refractivity contribution is 0.0886. The highest BCUT2D eigenvalue weighted by Crippen LogP contribution is 2.04. The van der Waals surface area contributed by atoms with E-state index in [2.05, 4.69) is 17.2 Å². The minimum absolute atomic E-state index is 0.0146. The molecule has 0 fully saturated rings. The van der Waals surface area contributed by atoms with Gasteiger partial charge in [0.05, 0.1) is 12.6 Å². The topological polar surface area (TPSA) is 77.2 Å². The SMILES string of the molecule is CCCC(COC)NC(=O)c1cc(N)ccn1. The fraction of sp³-hybridized carbons (Fsp3) is 0.500. The number of methoxy groups -OCH3 is 1. The van der Waals surface area contributed by atoms with Crippen LogP contribution >= 0.6 is 0 Å². The number of anilines is 1. The number of nitrogen functional groups attached to an aromatic ring is 1. The molecule has 17 heavy (non-hydrogen) atoms. The van der Waals surface area contributed by atoms with Crippen LogP contribution in [0.1, 0.15) is 30.3 Å². The van der Waals surface area contributed by atoms with Crippen LogP contribution in [-0.2, 0) is 4.74 Å². The average Bonchev–Trinajstić information content (AvgIpc) is 2.29. The summed E-state index contributed by atoms with van der Waals surface area (Å²) < 4.78 is 5.06. The van der Waals surface area contributed by atoms with Gasteiger partial charge in [-0.1, -0.05) is 13.3 Å². The normalized spacial score (nSPS) is 12.1. The quantitative estimate of drug-likeness (QED) is 0.779. The van der Waals surface area contributed by atoms with E-state index in [1.807, 2.05) is 0 Å². The highest BCUT2D eigenvalue weighted by molar-refractivity contribution is 5.93. The van der Waals surface area contributed by atoms with Crippen molar-refractivity contribution in [2.45, 2.75) is 25.8 Å². The third-order valence-corrected chi connectivity index (χ3v) is 2.36. The highest BCUT2D eigenvalue weighted by Gasteiger charge is 2.13. The zero-order valence-electron chi connectivity index (χ0n) is 10.3. The van der Waals surface area contributed by atoms with E-state index >= 15 is 0 Å². The zero-order valence-corrected chi connectivity index (χ0v) is 10.3. The Hall–Kier alpha value is -1.62. The van der Waals surface area contributed by atoms with Gasteiger partial charge in [0, 0.05) is 19.0 Å². The van der Waals surface area contributed by atoms with E-state index in [-0.39, 0.29) is 11.9 Å². The van der Waals surface area contributed by atoms with Crippen molar-refractivity contribution < 1.29 is 9.53 Å². The Balaban J connectivity index is 2.63. The summed E-state index contributed by atoms with van der Waals surface area (Å²) in [5, 5.41) is 2.88. The molecule has 1 aromatic heterocycles.